The van der Waals surface area contributed by atoms with E-state index in [2.05, 4.69) is 5.32 Å². The van der Waals surface area contributed by atoms with Gasteiger partial charge in [-0.25, -0.2) is 0 Å². The summed E-state index contributed by atoms with van der Waals surface area (Å²) in [4.78, 5) is 21.0. The molecule has 0 spiro atoms. The average Bonchev–Trinajstić information content (AvgIpc) is 2.15. The number of rotatable bonds is 9. The lowest BCUT2D eigenvalue weighted by Gasteiger charge is -2.12. The zero-order valence-electron chi connectivity index (χ0n) is 8.86. The molecule has 15 heavy (non-hydrogen) atoms. The number of aliphatic carboxylic acids is 1. The Hall–Kier alpha value is -1.14. The molecule has 0 radical (unpaired) electrons. The molecule has 4 N–H and O–H groups in total. The van der Waals surface area contributed by atoms with E-state index in [-0.39, 0.29) is 12.5 Å². The Bertz CT molecular complexity index is 208. The normalized spacial score (nSPS) is 12.3. The van der Waals surface area contributed by atoms with E-state index in [1.54, 1.807) is 0 Å². The van der Waals surface area contributed by atoms with Gasteiger partial charge in [0, 0.05) is 13.5 Å². The summed E-state index contributed by atoms with van der Waals surface area (Å²) in [6.07, 6.45) is 1.72. The van der Waals surface area contributed by atoms with Gasteiger partial charge in [0.05, 0.1) is 6.61 Å². The van der Waals surface area contributed by atoms with Crippen molar-refractivity contribution in [2.45, 2.75) is 25.3 Å². The third-order valence-electron chi connectivity index (χ3n) is 1.87. The second-order valence-corrected chi connectivity index (χ2v) is 3.22. The average molecular weight is 218 g/mol. The number of carbonyl (C=O) groups is 2. The molecule has 0 rings (SSSR count). The maximum Gasteiger partial charge on any atom is 0.323 e. The summed E-state index contributed by atoms with van der Waals surface area (Å²) >= 11 is 0. The molecular weight excluding hydrogens is 200 g/mol. The monoisotopic (exact) mass is 218 g/mol. The van der Waals surface area contributed by atoms with Gasteiger partial charge in [0.1, 0.15) is 6.04 Å². The molecule has 6 heteroatoms. The molecule has 1 amide bonds. The van der Waals surface area contributed by atoms with Crippen LogP contribution in [-0.2, 0) is 14.3 Å². The van der Waals surface area contributed by atoms with Crippen molar-refractivity contribution in [3.8, 4) is 0 Å². The summed E-state index contributed by atoms with van der Waals surface area (Å²) in [5.74, 6) is -1.27. The lowest BCUT2D eigenvalue weighted by Crippen LogP contribution is -2.40. The van der Waals surface area contributed by atoms with Crippen molar-refractivity contribution in [2.75, 3.05) is 20.3 Å². The number of hydrogen-bond acceptors (Lipinski definition) is 4. The van der Waals surface area contributed by atoms with Crippen LogP contribution in [0.1, 0.15) is 19.3 Å². The summed E-state index contributed by atoms with van der Waals surface area (Å²) in [6, 6.07) is -0.691. The lowest BCUT2D eigenvalue weighted by molar-refractivity contribution is -0.140. The molecule has 0 fully saturated rings. The standard InChI is InChI=1S/C9H18N2O4/c1-15-6-7(9(13)14)11-5-3-2-4-8(10)12/h7,11H,2-6H2,1H3,(H2,10,12)(H,13,14). The van der Waals surface area contributed by atoms with Gasteiger partial charge in [0.2, 0.25) is 5.91 Å². The predicted molar refractivity (Wildman–Crippen MR) is 54.3 cm³/mol. The van der Waals surface area contributed by atoms with E-state index in [0.29, 0.717) is 19.4 Å². The first-order valence-electron chi connectivity index (χ1n) is 4.81. The molecule has 0 heterocycles. The van der Waals surface area contributed by atoms with E-state index in [0.717, 1.165) is 6.42 Å². The van der Waals surface area contributed by atoms with Gasteiger partial charge in [-0.1, -0.05) is 0 Å². The van der Waals surface area contributed by atoms with Crippen LogP contribution in [0.3, 0.4) is 0 Å². The van der Waals surface area contributed by atoms with Crippen molar-refractivity contribution in [3.05, 3.63) is 0 Å². The Morgan fingerprint density at radius 1 is 1.47 bits per heavy atom. The molecule has 1 unspecified atom stereocenters. The van der Waals surface area contributed by atoms with Gasteiger partial charge >= 0.3 is 5.97 Å². The highest BCUT2D eigenvalue weighted by molar-refractivity contribution is 5.74. The summed E-state index contributed by atoms with van der Waals surface area (Å²) < 4.78 is 4.74. The summed E-state index contributed by atoms with van der Waals surface area (Å²) in [5, 5.41) is 11.5. The Morgan fingerprint density at radius 3 is 2.60 bits per heavy atom. The van der Waals surface area contributed by atoms with Gasteiger partial charge in [0.15, 0.2) is 0 Å². The molecule has 0 aliphatic carbocycles. The van der Waals surface area contributed by atoms with E-state index >= 15 is 0 Å². The number of methoxy groups -OCH3 is 1. The van der Waals surface area contributed by atoms with Crippen LogP contribution >= 0.6 is 0 Å². The van der Waals surface area contributed by atoms with Crippen LogP contribution in [-0.4, -0.2) is 43.3 Å². The lowest BCUT2D eigenvalue weighted by atomic mass is 10.2. The number of hydrogen-bond donors (Lipinski definition) is 3. The molecule has 88 valence electrons. The van der Waals surface area contributed by atoms with Gasteiger partial charge in [-0.05, 0) is 19.4 Å². The zero-order chi connectivity index (χ0) is 11.7. The molecule has 0 aliphatic heterocycles. The number of nitrogens with one attached hydrogen (secondary N) is 1. The second kappa shape index (κ2) is 8.19. The number of carbonyl (C=O) groups excluding carboxylic acids is 1. The molecule has 0 saturated heterocycles. The topological polar surface area (TPSA) is 102 Å². The van der Waals surface area contributed by atoms with Gasteiger partial charge < -0.3 is 20.9 Å². The highest BCUT2D eigenvalue weighted by atomic mass is 16.5. The van der Waals surface area contributed by atoms with Crippen LogP contribution in [0.2, 0.25) is 0 Å². The van der Waals surface area contributed by atoms with Crippen molar-refractivity contribution in [1.29, 1.82) is 0 Å². The summed E-state index contributed by atoms with van der Waals surface area (Å²) in [6.45, 7) is 0.665. The Balaban J connectivity index is 3.53. The van der Waals surface area contributed by atoms with Crippen molar-refractivity contribution in [2.24, 2.45) is 5.73 Å². The van der Waals surface area contributed by atoms with Crippen molar-refractivity contribution >= 4 is 11.9 Å². The number of amides is 1. The molecule has 0 saturated carbocycles. The molecule has 6 nitrogen and oxygen atoms in total. The fourth-order valence-electron chi connectivity index (χ4n) is 1.08. The largest absolute Gasteiger partial charge is 0.480 e. The number of carboxylic acid groups (broad SMARTS) is 1. The zero-order valence-corrected chi connectivity index (χ0v) is 8.86. The summed E-state index contributed by atoms with van der Waals surface area (Å²) in [7, 11) is 1.45. The Kier molecular flexibility index (Phi) is 7.57. The number of carboxylic acids is 1. The Labute approximate surface area is 88.8 Å². The van der Waals surface area contributed by atoms with Crippen LogP contribution in [0.4, 0.5) is 0 Å². The maximum atomic E-state index is 10.6. The highest BCUT2D eigenvalue weighted by Crippen LogP contribution is 1.94. The Morgan fingerprint density at radius 2 is 2.13 bits per heavy atom. The molecule has 1 atom stereocenters. The number of nitrogens with two attached hydrogens (primary N) is 1. The minimum Gasteiger partial charge on any atom is -0.480 e. The van der Waals surface area contributed by atoms with Crippen molar-refractivity contribution in [3.63, 3.8) is 0 Å². The minimum absolute atomic E-state index is 0.130. The first kappa shape index (κ1) is 13.9. The number of unbranched alkanes of at least 4 members (excludes halogenated alkanes) is 1. The van der Waals surface area contributed by atoms with E-state index in [9.17, 15) is 9.59 Å². The van der Waals surface area contributed by atoms with Gasteiger partial charge in [-0.3, -0.25) is 9.59 Å². The molecular formula is C9H18N2O4. The molecule has 0 bridgehead atoms. The van der Waals surface area contributed by atoms with E-state index in [4.69, 9.17) is 15.6 Å². The third-order valence-corrected chi connectivity index (χ3v) is 1.87. The first-order valence-corrected chi connectivity index (χ1v) is 4.81. The third kappa shape index (κ3) is 7.90. The highest BCUT2D eigenvalue weighted by Gasteiger charge is 2.15. The fraction of sp³-hybridized carbons (Fsp3) is 0.778. The molecule has 0 aliphatic rings. The first-order chi connectivity index (χ1) is 7.07. The van der Waals surface area contributed by atoms with Crippen LogP contribution in [0, 0.1) is 0 Å². The predicted octanol–water partition coefficient (Wildman–Crippen LogP) is -0.669. The second-order valence-electron chi connectivity index (χ2n) is 3.22. The summed E-state index contributed by atoms with van der Waals surface area (Å²) in [5.41, 5.74) is 4.96. The van der Waals surface area contributed by atoms with E-state index < -0.39 is 12.0 Å². The van der Waals surface area contributed by atoms with E-state index in [1.165, 1.54) is 7.11 Å². The number of ether oxygens (including phenoxy) is 1. The maximum absolute atomic E-state index is 10.6. The van der Waals surface area contributed by atoms with Gasteiger partial charge in [-0.15, -0.1) is 0 Å². The smallest absolute Gasteiger partial charge is 0.323 e. The SMILES string of the molecule is COCC(NCCCCC(N)=O)C(=O)O. The van der Waals surface area contributed by atoms with Gasteiger partial charge in [-0.2, -0.15) is 0 Å². The molecule has 0 aromatic rings. The van der Waals surface area contributed by atoms with Crippen LogP contribution in [0.5, 0.6) is 0 Å². The fourth-order valence-corrected chi connectivity index (χ4v) is 1.08. The molecule has 0 aromatic heterocycles. The van der Waals surface area contributed by atoms with Crippen LogP contribution in [0.15, 0.2) is 0 Å². The van der Waals surface area contributed by atoms with Crippen LogP contribution in [0.25, 0.3) is 0 Å². The van der Waals surface area contributed by atoms with Crippen molar-refractivity contribution < 1.29 is 19.4 Å². The minimum atomic E-state index is -0.938. The number of primary amides is 1. The van der Waals surface area contributed by atoms with Crippen LogP contribution < -0.4 is 11.1 Å². The van der Waals surface area contributed by atoms with Gasteiger partial charge in [0.25, 0.3) is 0 Å². The quantitative estimate of drug-likeness (QED) is 0.445. The van der Waals surface area contributed by atoms with E-state index in [1.807, 2.05) is 0 Å². The van der Waals surface area contributed by atoms with Crippen molar-refractivity contribution in [1.82, 2.24) is 5.32 Å². The molecule has 0 aromatic carbocycles.